The second kappa shape index (κ2) is 64.8. The van der Waals surface area contributed by atoms with E-state index < -0.39 is 6.10 Å². The lowest BCUT2D eigenvalue weighted by Crippen LogP contribution is -2.30. The monoisotopic (exact) mass is 1080 g/mol. The van der Waals surface area contributed by atoms with E-state index in [-0.39, 0.29) is 44.0 Å². The Hall–Kier alpha value is -5.75. The fourth-order valence-corrected chi connectivity index (χ4v) is 7.57. The Morgan fingerprint density at radius 2 is 0.468 bits per heavy atom. The first-order valence-electron chi connectivity index (χ1n) is 30.9. The van der Waals surface area contributed by atoms with Crippen molar-refractivity contribution in [3.63, 3.8) is 0 Å². The molecule has 0 fully saturated rings. The van der Waals surface area contributed by atoms with Crippen LogP contribution in [0.4, 0.5) is 0 Å². The Bertz CT molecular complexity index is 1920. The van der Waals surface area contributed by atoms with Crippen LogP contribution >= 0.6 is 0 Å². The van der Waals surface area contributed by atoms with E-state index in [0.29, 0.717) is 12.8 Å². The topological polar surface area (TPSA) is 78.9 Å². The van der Waals surface area contributed by atoms with Gasteiger partial charge in [-0.3, -0.25) is 14.4 Å². The van der Waals surface area contributed by atoms with Gasteiger partial charge in [0.25, 0.3) is 0 Å². The number of hydrogen-bond acceptors (Lipinski definition) is 6. The molecule has 0 radical (unpaired) electrons. The highest BCUT2D eigenvalue weighted by Crippen LogP contribution is 2.12. The highest BCUT2D eigenvalue weighted by Gasteiger charge is 2.19. The van der Waals surface area contributed by atoms with Crippen LogP contribution in [-0.4, -0.2) is 37.2 Å². The average Bonchev–Trinajstić information content (AvgIpc) is 3.45. The van der Waals surface area contributed by atoms with Gasteiger partial charge in [0.2, 0.25) is 0 Å². The smallest absolute Gasteiger partial charge is 0.306 e. The first-order chi connectivity index (χ1) is 39.0. The molecule has 438 valence electrons. The van der Waals surface area contributed by atoms with Crippen molar-refractivity contribution in [3.05, 3.63) is 194 Å². The van der Waals surface area contributed by atoms with Gasteiger partial charge in [-0.25, -0.2) is 0 Å². The quantitative estimate of drug-likeness (QED) is 0.0261. The van der Waals surface area contributed by atoms with Crippen LogP contribution < -0.4 is 0 Å². The van der Waals surface area contributed by atoms with Crippen LogP contribution in [-0.2, 0) is 28.6 Å². The average molecular weight is 1080 g/mol. The molecule has 6 nitrogen and oxygen atoms in total. The van der Waals surface area contributed by atoms with Crippen LogP contribution in [0.1, 0.15) is 226 Å². The number of hydrogen-bond donors (Lipinski definition) is 0. The van der Waals surface area contributed by atoms with E-state index in [1.165, 1.54) is 12.8 Å². The second-order valence-electron chi connectivity index (χ2n) is 19.5. The Morgan fingerprint density at radius 3 is 0.772 bits per heavy atom. The molecule has 0 saturated heterocycles. The first-order valence-corrected chi connectivity index (χ1v) is 30.9. The highest BCUT2D eigenvalue weighted by atomic mass is 16.6. The van der Waals surface area contributed by atoms with Gasteiger partial charge in [-0.05, 0) is 154 Å². The van der Waals surface area contributed by atoms with Crippen molar-refractivity contribution < 1.29 is 28.6 Å². The molecule has 79 heavy (non-hydrogen) atoms. The maximum atomic E-state index is 12.9. The van der Waals surface area contributed by atoms with Crippen LogP contribution in [0.5, 0.6) is 0 Å². The summed E-state index contributed by atoms with van der Waals surface area (Å²) in [6.45, 7) is 6.19. The zero-order valence-electron chi connectivity index (χ0n) is 50.0. The maximum absolute atomic E-state index is 12.9. The summed E-state index contributed by atoms with van der Waals surface area (Å²) in [5.41, 5.74) is 0. The molecule has 1 unspecified atom stereocenters. The summed E-state index contributed by atoms with van der Waals surface area (Å²) in [7, 11) is 0. The van der Waals surface area contributed by atoms with Gasteiger partial charge >= 0.3 is 17.9 Å². The van der Waals surface area contributed by atoms with Crippen LogP contribution in [0.2, 0.25) is 0 Å². The minimum absolute atomic E-state index is 0.130. The predicted octanol–water partition coefficient (Wildman–Crippen LogP) is 21.4. The summed E-state index contributed by atoms with van der Waals surface area (Å²) < 4.78 is 16.8. The van der Waals surface area contributed by atoms with Gasteiger partial charge in [0, 0.05) is 19.3 Å². The van der Waals surface area contributed by atoms with E-state index in [9.17, 15) is 14.4 Å². The molecule has 0 aromatic rings. The van der Waals surface area contributed by atoms with Gasteiger partial charge in [-0.1, -0.05) is 247 Å². The largest absolute Gasteiger partial charge is 0.462 e. The molecule has 0 N–H and O–H groups in total. The number of unbranched alkanes of at least 4 members (excludes halogenated alkanes) is 10. The summed E-state index contributed by atoms with van der Waals surface area (Å²) in [5.74, 6) is -1.04. The summed E-state index contributed by atoms with van der Waals surface area (Å²) in [6.07, 6.45) is 98.6. The molecule has 0 spiro atoms. The zero-order valence-corrected chi connectivity index (χ0v) is 50.0. The molecule has 6 heteroatoms. The van der Waals surface area contributed by atoms with Crippen molar-refractivity contribution in [1.29, 1.82) is 0 Å². The lowest BCUT2D eigenvalue weighted by molar-refractivity contribution is -0.167. The first kappa shape index (κ1) is 73.2. The predicted molar refractivity (Wildman–Crippen MR) is 343 cm³/mol. The third-order valence-corrected chi connectivity index (χ3v) is 12.1. The van der Waals surface area contributed by atoms with E-state index in [4.69, 9.17) is 14.2 Å². The van der Waals surface area contributed by atoms with E-state index in [0.717, 1.165) is 167 Å². The van der Waals surface area contributed by atoms with E-state index in [2.05, 4.69) is 215 Å². The Morgan fingerprint density at radius 1 is 0.253 bits per heavy atom. The normalized spacial score (nSPS) is 13.5. The fraction of sp³-hybridized carbons (Fsp3) is 0.521. The minimum Gasteiger partial charge on any atom is -0.462 e. The van der Waals surface area contributed by atoms with Crippen LogP contribution in [0, 0.1) is 0 Å². The van der Waals surface area contributed by atoms with Gasteiger partial charge in [0.1, 0.15) is 13.2 Å². The van der Waals surface area contributed by atoms with Gasteiger partial charge < -0.3 is 14.2 Å². The van der Waals surface area contributed by atoms with Crippen molar-refractivity contribution in [3.8, 4) is 0 Å². The Balaban J connectivity index is 4.59. The molecule has 0 aliphatic rings. The number of esters is 3. The number of ether oxygens (including phenoxy) is 3. The van der Waals surface area contributed by atoms with Crippen LogP contribution in [0.25, 0.3) is 0 Å². The van der Waals surface area contributed by atoms with Crippen molar-refractivity contribution in [1.82, 2.24) is 0 Å². The zero-order chi connectivity index (χ0) is 57.1. The minimum atomic E-state index is -0.837. The third-order valence-electron chi connectivity index (χ3n) is 12.1. The maximum Gasteiger partial charge on any atom is 0.306 e. The summed E-state index contributed by atoms with van der Waals surface area (Å²) in [5, 5.41) is 0. The number of rotatable bonds is 53. The Labute approximate surface area is 484 Å². The van der Waals surface area contributed by atoms with E-state index >= 15 is 0 Å². The lowest BCUT2D eigenvalue weighted by atomic mass is 10.1. The number of allylic oxidation sites excluding steroid dienone is 32. The number of carbonyl (C=O) groups excluding carboxylic acids is 3. The van der Waals surface area contributed by atoms with Crippen molar-refractivity contribution >= 4 is 17.9 Å². The van der Waals surface area contributed by atoms with Crippen LogP contribution in [0.15, 0.2) is 194 Å². The van der Waals surface area contributed by atoms with Crippen LogP contribution in [0.3, 0.4) is 0 Å². The molecule has 0 aliphatic carbocycles. The van der Waals surface area contributed by atoms with E-state index in [1.54, 1.807) is 0 Å². The molecule has 1 atom stereocenters. The van der Waals surface area contributed by atoms with E-state index in [1.807, 2.05) is 0 Å². The molecule has 0 heterocycles. The second-order valence-corrected chi connectivity index (χ2v) is 19.5. The lowest BCUT2D eigenvalue weighted by Gasteiger charge is -2.18. The fourth-order valence-electron chi connectivity index (χ4n) is 7.57. The molecule has 0 aromatic carbocycles. The molecular weight excluding hydrogens is 973 g/mol. The highest BCUT2D eigenvalue weighted by molar-refractivity contribution is 5.71. The van der Waals surface area contributed by atoms with Gasteiger partial charge in [-0.15, -0.1) is 0 Å². The summed E-state index contributed by atoms with van der Waals surface area (Å²) >= 11 is 0. The molecule has 0 rings (SSSR count). The molecule has 0 amide bonds. The number of carbonyl (C=O) groups is 3. The Kier molecular flexibility index (Phi) is 60.1. The standard InChI is InChI=1S/C73H110O6/c1-4-7-10-13-16-19-22-25-28-31-33-34-35-36-37-38-40-42-45-48-51-54-57-60-63-66-72(75)78-69-70(68-77-71(74)65-62-59-56-53-50-47-44-41-30-27-24-21-18-15-12-9-6-3)79-73(76)67-64-61-58-55-52-49-46-43-39-32-29-26-23-20-17-14-11-8-5-2/h7-12,16-21,25-30,33-34,36-37,39-40,42-44,47-48,51,53,56,70H,4-6,13-15,22-24,31-32,35,38,41,45-46,49-50,52,54-55,57-69H2,1-3H3/b10-7-,11-8-,12-9-,19-16-,20-17-,21-18-,28-25-,29-26-,30-27-,34-33-,37-36-,42-40-,43-39-,47-44-,51-48-,56-53-. The summed E-state index contributed by atoms with van der Waals surface area (Å²) in [6, 6.07) is 0. The molecule has 0 saturated carbocycles. The molecule has 0 bridgehead atoms. The van der Waals surface area contributed by atoms with Gasteiger partial charge in [-0.2, -0.15) is 0 Å². The molecule has 0 aromatic heterocycles. The van der Waals surface area contributed by atoms with Crippen molar-refractivity contribution in [2.24, 2.45) is 0 Å². The molecule has 0 aliphatic heterocycles. The molecular formula is C73H110O6. The third kappa shape index (κ3) is 63.0. The summed E-state index contributed by atoms with van der Waals surface area (Å²) in [4.78, 5) is 38.3. The SMILES string of the molecule is CC/C=C\C/C=C\C/C=C\C/C=C\C/C=C\C/C=C\C/C=C\CCCCCC(=O)OCC(COC(=O)CCC/C=C\C/C=C\C/C=C\C/C=C\C/C=C\CC)OC(=O)CCCCCCCC/C=C\C/C=C\C/C=C\C/C=C\CC. The van der Waals surface area contributed by atoms with Crippen molar-refractivity contribution in [2.45, 2.75) is 232 Å². The van der Waals surface area contributed by atoms with Gasteiger partial charge in [0.05, 0.1) is 0 Å². The van der Waals surface area contributed by atoms with Gasteiger partial charge in [0.15, 0.2) is 6.10 Å². The van der Waals surface area contributed by atoms with Crippen molar-refractivity contribution in [2.75, 3.05) is 13.2 Å².